The molecule has 1 aromatic carbocycles. The number of pyridine rings is 1. The van der Waals surface area contributed by atoms with Gasteiger partial charge in [0.15, 0.2) is 0 Å². The molecule has 2 N–H and O–H groups in total. The van der Waals surface area contributed by atoms with Gasteiger partial charge in [0.05, 0.1) is 25.3 Å². The molecule has 0 saturated carbocycles. The van der Waals surface area contributed by atoms with Crippen LogP contribution < -0.4 is 10.1 Å². The lowest BCUT2D eigenvalue weighted by Gasteiger charge is -2.17. The SMILES string of the molecule is COc1cccc([C@@H](CC(=O)O)NC(=O)OCc2ccccc2)n1. The molecule has 0 saturated heterocycles. The van der Waals surface area contributed by atoms with Gasteiger partial charge >= 0.3 is 12.1 Å². The van der Waals surface area contributed by atoms with Gasteiger partial charge < -0.3 is 19.9 Å². The number of aliphatic carboxylic acids is 1. The number of nitrogens with zero attached hydrogens (tertiary/aromatic N) is 1. The topological polar surface area (TPSA) is 97.8 Å². The van der Waals surface area contributed by atoms with Crippen molar-refractivity contribution in [1.29, 1.82) is 0 Å². The number of nitrogens with one attached hydrogen (secondary N) is 1. The van der Waals surface area contributed by atoms with Crippen molar-refractivity contribution in [3.8, 4) is 5.88 Å². The summed E-state index contributed by atoms with van der Waals surface area (Å²) in [4.78, 5) is 27.2. The number of alkyl carbamates (subject to hydrolysis) is 1. The maximum Gasteiger partial charge on any atom is 0.408 e. The molecule has 0 fully saturated rings. The van der Waals surface area contributed by atoms with Crippen molar-refractivity contribution >= 4 is 12.1 Å². The number of amides is 1. The van der Waals surface area contributed by atoms with Crippen molar-refractivity contribution in [3.63, 3.8) is 0 Å². The Morgan fingerprint density at radius 1 is 1.17 bits per heavy atom. The number of rotatable bonds is 7. The van der Waals surface area contributed by atoms with Crippen LogP contribution in [0.25, 0.3) is 0 Å². The molecule has 1 heterocycles. The summed E-state index contributed by atoms with van der Waals surface area (Å²) in [6, 6.07) is 13.3. The zero-order valence-corrected chi connectivity index (χ0v) is 13.1. The zero-order valence-electron chi connectivity index (χ0n) is 13.1. The standard InChI is InChI=1S/C17H18N2O5/c1-23-15-9-5-8-13(18-15)14(10-16(20)21)19-17(22)24-11-12-6-3-2-4-7-12/h2-9,14H,10-11H2,1H3,(H,19,22)(H,20,21)/t14-/m1/s1. The Morgan fingerprint density at radius 2 is 1.92 bits per heavy atom. The van der Waals surface area contributed by atoms with E-state index < -0.39 is 18.1 Å². The van der Waals surface area contributed by atoms with Gasteiger partial charge in [-0.2, -0.15) is 0 Å². The molecule has 0 aliphatic heterocycles. The second kappa shape index (κ2) is 8.52. The Kier molecular flexibility index (Phi) is 6.13. The van der Waals surface area contributed by atoms with E-state index in [-0.39, 0.29) is 13.0 Å². The molecule has 1 atom stereocenters. The highest BCUT2D eigenvalue weighted by Gasteiger charge is 2.20. The average molecular weight is 330 g/mol. The molecule has 0 aliphatic rings. The van der Waals surface area contributed by atoms with E-state index >= 15 is 0 Å². The molecule has 0 radical (unpaired) electrons. The molecular weight excluding hydrogens is 312 g/mol. The largest absolute Gasteiger partial charge is 0.481 e. The Morgan fingerprint density at radius 3 is 2.58 bits per heavy atom. The minimum absolute atomic E-state index is 0.0952. The molecule has 0 bridgehead atoms. The van der Waals surface area contributed by atoms with Crippen molar-refractivity contribution in [2.24, 2.45) is 0 Å². The summed E-state index contributed by atoms with van der Waals surface area (Å²) in [5, 5.41) is 11.6. The van der Waals surface area contributed by atoms with E-state index in [4.69, 9.17) is 14.6 Å². The van der Waals surface area contributed by atoms with Gasteiger partial charge in [-0.1, -0.05) is 36.4 Å². The molecule has 0 spiro atoms. The number of ether oxygens (including phenoxy) is 2. The molecule has 1 aromatic heterocycles. The van der Waals surface area contributed by atoms with E-state index in [0.717, 1.165) is 5.56 Å². The molecule has 7 nitrogen and oxygen atoms in total. The number of benzene rings is 1. The molecule has 0 aliphatic carbocycles. The lowest BCUT2D eigenvalue weighted by atomic mass is 10.1. The van der Waals surface area contributed by atoms with Crippen LogP contribution in [0.3, 0.4) is 0 Å². The summed E-state index contributed by atoms with van der Waals surface area (Å²) in [5.74, 6) is -0.727. The molecular formula is C17H18N2O5. The Balaban J connectivity index is 2.02. The summed E-state index contributed by atoms with van der Waals surface area (Å²) in [7, 11) is 1.46. The monoisotopic (exact) mass is 330 g/mol. The fourth-order valence-electron chi connectivity index (χ4n) is 2.05. The van der Waals surface area contributed by atoms with Crippen LogP contribution in [0.15, 0.2) is 48.5 Å². The van der Waals surface area contributed by atoms with Gasteiger partial charge in [0.2, 0.25) is 5.88 Å². The summed E-state index contributed by atoms with van der Waals surface area (Å²) in [5.41, 5.74) is 1.22. The Hall–Kier alpha value is -3.09. The summed E-state index contributed by atoms with van der Waals surface area (Å²) in [6.07, 6.45) is -1.03. The third kappa shape index (κ3) is 5.28. The lowest BCUT2D eigenvalue weighted by molar-refractivity contribution is -0.137. The predicted molar refractivity (Wildman–Crippen MR) is 85.5 cm³/mol. The summed E-state index contributed by atoms with van der Waals surface area (Å²) >= 11 is 0. The molecule has 24 heavy (non-hydrogen) atoms. The van der Waals surface area contributed by atoms with Gasteiger partial charge in [0.1, 0.15) is 6.61 Å². The van der Waals surface area contributed by atoms with Crippen LogP contribution in [0.4, 0.5) is 4.79 Å². The van der Waals surface area contributed by atoms with Crippen molar-refractivity contribution < 1.29 is 24.2 Å². The first-order chi connectivity index (χ1) is 11.6. The Labute approximate surface area is 139 Å². The number of carboxylic acid groups (broad SMARTS) is 1. The van der Waals surface area contributed by atoms with Crippen LogP contribution in [0.1, 0.15) is 23.7 Å². The number of methoxy groups -OCH3 is 1. The maximum absolute atomic E-state index is 12.0. The van der Waals surface area contributed by atoms with Crippen LogP contribution in [0.2, 0.25) is 0 Å². The molecule has 2 rings (SSSR count). The van der Waals surface area contributed by atoms with Crippen LogP contribution in [-0.2, 0) is 16.1 Å². The highest BCUT2D eigenvalue weighted by Crippen LogP contribution is 2.18. The van der Waals surface area contributed by atoms with Crippen molar-refractivity contribution in [2.45, 2.75) is 19.1 Å². The van der Waals surface area contributed by atoms with E-state index in [9.17, 15) is 9.59 Å². The predicted octanol–water partition coefficient (Wildman–Crippen LogP) is 2.53. The van der Waals surface area contributed by atoms with Crippen LogP contribution in [0, 0.1) is 0 Å². The van der Waals surface area contributed by atoms with E-state index in [1.807, 2.05) is 30.3 Å². The van der Waals surface area contributed by atoms with Gasteiger partial charge in [-0.15, -0.1) is 0 Å². The third-order valence-electron chi connectivity index (χ3n) is 3.19. The van der Waals surface area contributed by atoms with Crippen LogP contribution in [0.5, 0.6) is 5.88 Å². The third-order valence-corrected chi connectivity index (χ3v) is 3.19. The fourth-order valence-corrected chi connectivity index (χ4v) is 2.05. The number of hydrogen-bond acceptors (Lipinski definition) is 5. The highest BCUT2D eigenvalue weighted by atomic mass is 16.5. The second-order valence-electron chi connectivity index (χ2n) is 4.96. The fraction of sp³-hybridized carbons (Fsp3) is 0.235. The molecule has 126 valence electrons. The Bertz CT molecular complexity index is 690. The van der Waals surface area contributed by atoms with Crippen LogP contribution >= 0.6 is 0 Å². The van der Waals surface area contributed by atoms with Gasteiger partial charge in [-0.3, -0.25) is 4.79 Å². The van der Waals surface area contributed by atoms with E-state index in [2.05, 4.69) is 10.3 Å². The van der Waals surface area contributed by atoms with E-state index in [0.29, 0.717) is 11.6 Å². The van der Waals surface area contributed by atoms with Crippen molar-refractivity contribution in [1.82, 2.24) is 10.3 Å². The van der Waals surface area contributed by atoms with Crippen molar-refractivity contribution in [2.75, 3.05) is 7.11 Å². The smallest absolute Gasteiger partial charge is 0.408 e. The number of aromatic nitrogens is 1. The molecule has 0 unspecified atom stereocenters. The number of carbonyl (C=O) groups is 2. The molecule has 1 amide bonds. The summed E-state index contributed by atoms with van der Waals surface area (Å²) < 4.78 is 10.1. The first kappa shape index (κ1) is 17.3. The number of hydrogen-bond donors (Lipinski definition) is 2. The lowest BCUT2D eigenvalue weighted by Crippen LogP contribution is -2.31. The minimum atomic E-state index is -1.06. The van der Waals surface area contributed by atoms with Crippen molar-refractivity contribution in [3.05, 3.63) is 59.8 Å². The zero-order chi connectivity index (χ0) is 17.4. The minimum Gasteiger partial charge on any atom is -0.481 e. The van der Waals surface area contributed by atoms with Gasteiger partial charge in [-0.05, 0) is 11.6 Å². The quantitative estimate of drug-likeness (QED) is 0.809. The maximum atomic E-state index is 12.0. The normalized spacial score (nSPS) is 11.4. The van der Waals surface area contributed by atoms with Gasteiger partial charge in [0, 0.05) is 6.07 Å². The average Bonchev–Trinajstić information content (AvgIpc) is 2.60. The van der Waals surface area contributed by atoms with Gasteiger partial charge in [-0.25, -0.2) is 9.78 Å². The van der Waals surface area contributed by atoms with E-state index in [1.165, 1.54) is 7.11 Å². The first-order valence-corrected chi connectivity index (χ1v) is 7.28. The van der Waals surface area contributed by atoms with E-state index in [1.54, 1.807) is 18.2 Å². The molecule has 2 aromatic rings. The number of carbonyl (C=O) groups excluding carboxylic acids is 1. The summed E-state index contributed by atoms with van der Waals surface area (Å²) in [6.45, 7) is 0.0952. The van der Waals surface area contributed by atoms with Gasteiger partial charge in [0.25, 0.3) is 0 Å². The van der Waals surface area contributed by atoms with Crippen LogP contribution in [-0.4, -0.2) is 29.3 Å². The highest BCUT2D eigenvalue weighted by molar-refractivity contribution is 5.71. The first-order valence-electron chi connectivity index (χ1n) is 7.28. The molecule has 7 heteroatoms. The number of carboxylic acids is 1. The second-order valence-corrected chi connectivity index (χ2v) is 4.96.